The highest BCUT2D eigenvalue weighted by Gasteiger charge is 2.17. The smallest absolute Gasteiger partial charge is 0.263 e. The Morgan fingerprint density at radius 2 is 1.58 bits per heavy atom. The number of rotatable bonds is 3. The van der Waals surface area contributed by atoms with Crippen LogP contribution in [0.15, 0.2) is 77.3 Å². The summed E-state index contributed by atoms with van der Waals surface area (Å²) < 4.78 is 6.34. The van der Waals surface area contributed by atoms with Gasteiger partial charge >= 0.3 is 0 Å². The number of hydrogen-bond acceptors (Lipinski definition) is 3. The summed E-state index contributed by atoms with van der Waals surface area (Å²) in [5.74, 6) is -0.463. The molecule has 4 nitrogen and oxygen atoms in total. The van der Waals surface area contributed by atoms with Crippen molar-refractivity contribution in [3.8, 4) is 11.6 Å². The van der Waals surface area contributed by atoms with Gasteiger partial charge in [0.05, 0.1) is 5.27 Å². The van der Waals surface area contributed by atoms with E-state index >= 15 is 0 Å². The summed E-state index contributed by atoms with van der Waals surface area (Å²) in [5, 5.41) is 18.1. The van der Waals surface area contributed by atoms with Crippen LogP contribution in [0.4, 0.5) is 0 Å². The lowest BCUT2D eigenvalue weighted by Gasteiger charge is -2.01. The maximum Gasteiger partial charge on any atom is 0.263 e. The molecular weight excluding hydrogens is 300 g/mol. The van der Waals surface area contributed by atoms with Crippen molar-refractivity contribution in [2.75, 3.05) is 0 Å². The fraction of sp³-hybridized carbons (Fsp3) is 0. The standard InChI is InChI=1S/C20H14N2O2/c23-20-19(22(21-24-20)17-10-2-1-3-11-17)14-13-16-9-6-8-15-7-4-5-12-18(15)16/h1-14H/b14-13+. The van der Waals surface area contributed by atoms with Crippen molar-refractivity contribution in [2.45, 2.75) is 0 Å². The van der Waals surface area contributed by atoms with Gasteiger partial charge in [0, 0.05) is 18.2 Å². The molecule has 0 spiro atoms. The van der Waals surface area contributed by atoms with E-state index in [4.69, 9.17) is 4.52 Å². The Bertz CT molecular complexity index is 1010. The molecule has 0 bridgehead atoms. The summed E-state index contributed by atoms with van der Waals surface area (Å²) in [6.45, 7) is 0. The van der Waals surface area contributed by atoms with E-state index in [0.717, 1.165) is 22.0 Å². The number of hydrogen-bond donors (Lipinski definition) is 0. The molecule has 24 heavy (non-hydrogen) atoms. The second-order valence-corrected chi connectivity index (χ2v) is 5.39. The quantitative estimate of drug-likeness (QED) is 0.545. The maximum atomic E-state index is 12.0. The van der Waals surface area contributed by atoms with Gasteiger partial charge in [-0.2, -0.15) is 0 Å². The fourth-order valence-corrected chi connectivity index (χ4v) is 2.71. The molecule has 0 radical (unpaired) electrons. The van der Waals surface area contributed by atoms with Crippen LogP contribution in [0.3, 0.4) is 0 Å². The molecule has 3 aromatic carbocycles. The molecule has 0 N–H and O–H groups in total. The molecule has 0 fully saturated rings. The van der Waals surface area contributed by atoms with Crippen molar-refractivity contribution in [2.24, 2.45) is 0 Å². The molecule has 116 valence electrons. The third-order valence-corrected chi connectivity index (χ3v) is 3.89. The Kier molecular flexibility index (Phi) is 3.56. The van der Waals surface area contributed by atoms with Gasteiger partial charge in [0.15, 0.2) is 5.95 Å². The fourth-order valence-electron chi connectivity index (χ4n) is 2.71. The number of aromatic nitrogens is 2. The molecule has 0 amide bonds. The summed E-state index contributed by atoms with van der Waals surface area (Å²) in [7, 11) is 0. The van der Waals surface area contributed by atoms with Crippen molar-refractivity contribution in [1.29, 1.82) is 0 Å². The third kappa shape index (κ3) is 2.54. The Balaban J connectivity index is 1.78. The lowest BCUT2D eigenvalue weighted by atomic mass is 10.0. The van der Waals surface area contributed by atoms with E-state index in [1.165, 1.54) is 4.68 Å². The molecule has 0 aliphatic heterocycles. The molecule has 1 aromatic heterocycles. The molecule has 1 heterocycles. The molecular formula is C20H14N2O2. The van der Waals surface area contributed by atoms with E-state index in [1.54, 1.807) is 6.08 Å². The summed E-state index contributed by atoms with van der Waals surface area (Å²) in [5.41, 5.74) is 2.20. The minimum atomic E-state index is -0.463. The normalized spacial score (nSPS) is 11.3. The first kappa shape index (κ1) is 14.2. The van der Waals surface area contributed by atoms with E-state index in [1.807, 2.05) is 60.7 Å². The highest BCUT2D eigenvalue weighted by atomic mass is 16.6. The Morgan fingerprint density at radius 3 is 2.46 bits per heavy atom. The number of fused-ring (bicyclic) bond motifs is 1. The Hall–Kier alpha value is -3.40. The van der Waals surface area contributed by atoms with Crippen LogP contribution >= 0.6 is 0 Å². The van der Waals surface area contributed by atoms with Crippen LogP contribution in [0.1, 0.15) is 11.3 Å². The van der Waals surface area contributed by atoms with Gasteiger partial charge in [-0.3, -0.25) is 0 Å². The number of nitrogens with zero attached hydrogens (tertiary/aromatic N) is 2. The van der Waals surface area contributed by atoms with Gasteiger partial charge in [-0.05, 0) is 27.1 Å². The molecule has 0 saturated carbocycles. The van der Waals surface area contributed by atoms with Crippen LogP contribution in [0.5, 0.6) is 5.95 Å². The molecule has 0 aliphatic carbocycles. The van der Waals surface area contributed by atoms with E-state index in [-0.39, 0.29) is 0 Å². The number of para-hydroxylation sites is 1. The predicted octanol–water partition coefficient (Wildman–Crippen LogP) is 3.35. The Morgan fingerprint density at radius 1 is 0.833 bits per heavy atom. The van der Waals surface area contributed by atoms with Crippen LogP contribution in [0, 0.1) is 0 Å². The Labute approximate surface area is 138 Å². The van der Waals surface area contributed by atoms with Crippen molar-refractivity contribution < 1.29 is 14.3 Å². The first-order valence-electron chi connectivity index (χ1n) is 7.63. The molecule has 0 aliphatic rings. The summed E-state index contributed by atoms with van der Waals surface area (Å²) in [6, 6.07) is 23.7. The van der Waals surface area contributed by atoms with Crippen LogP contribution in [0.2, 0.25) is 0 Å². The zero-order chi connectivity index (χ0) is 16.4. The molecule has 4 rings (SSSR count). The minimum absolute atomic E-state index is 0.383. The second-order valence-electron chi connectivity index (χ2n) is 5.39. The maximum absolute atomic E-state index is 12.0. The molecule has 4 aromatic rings. The molecule has 0 unspecified atom stereocenters. The van der Waals surface area contributed by atoms with E-state index < -0.39 is 5.95 Å². The van der Waals surface area contributed by atoms with E-state index in [9.17, 15) is 5.11 Å². The summed E-state index contributed by atoms with van der Waals surface area (Å²) in [6.07, 6.45) is 3.66. The van der Waals surface area contributed by atoms with Crippen molar-refractivity contribution in [3.63, 3.8) is 0 Å². The van der Waals surface area contributed by atoms with Crippen LogP contribution in [0.25, 0.3) is 28.6 Å². The van der Waals surface area contributed by atoms with E-state index in [0.29, 0.717) is 5.69 Å². The summed E-state index contributed by atoms with van der Waals surface area (Å²) >= 11 is 0. The first-order valence-corrected chi connectivity index (χ1v) is 7.63. The zero-order valence-corrected chi connectivity index (χ0v) is 12.8. The average molecular weight is 314 g/mol. The lowest BCUT2D eigenvalue weighted by Crippen LogP contribution is -2.35. The average Bonchev–Trinajstić information content (AvgIpc) is 3.01. The lowest BCUT2D eigenvalue weighted by molar-refractivity contribution is -0.672. The molecule has 0 atom stereocenters. The minimum Gasteiger partial charge on any atom is -0.539 e. The topological polar surface area (TPSA) is 53.0 Å². The summed E-state index contributed by atoms with van der Waals surface area (Å²) in [4.78, 5) is 0. The van der Waals surface area contributed by atoms with Gasteiger partial charge in [0.1, 0.15) is 0 Å². The second kappa shape index (κ2) is 6.01. The van der Waals surface area contributed by atoms with Crippen molar-refractivity contribution in [3.05, 3.63) is 84.1 Å². The molecule has 4 heteroatoms. The SMILES string of the molecule is [O-]c1on[n+](-c2ccccc2)c1/C=C/c1cccc2ccccc12. The van der Waals surface area contributed by atoms with Crippen molar-refractivity contribution >= 4 is 22.9 Å². The van der Waals surface area contributed by atoms with E-state index in [2.05, 4.69) is 23.5 Å². The van der Waals surface area contributed by atoms with Gasteiger partial charge in [0.2, 0.25) is 5.69 Å². The van der Waals surface area contributed by atoms with Crippen LogP contribution < -0.4 is 9.79 Å². The van der Waals surface area contributed by atoms with Crippen LogP contribution in [-0.4, -0.2) is 5.27 Å². The predicted molar refractivity (Wildman–Crippen MR) is 90.4 cm³/mol. The van der Waals surface area contributed by atoms with Gasteiger partial charge in [0.25, 0.3) is 5.69 Å². The molecule has 0 saturated heterocycles. The highest BCUT2D eigenvalue weighted by Crippen LogP contribution is 2.21. The van der Waals surface area contributed by atoms with Gasteiger partial charge in [-0.25, -0.2) is 0 Å². The third-order valence-electron chi connectivity index (χ3n) is 3.89. The monoisotopic (exact) mass is 314 g/mol. The largest absolute Gasteiger partial charge is 0.539 e. The van der Waals surface area contributed by atoms with Gasteiger partial charge in [-0.1, -0.05) is 60.7 Å². The van der Waals surface area contributed by atoms with Gasteiger partial charge in [-0.15, -0.1) is 0 Å². The van der Waals surface area contributed by atoms with Crippen molar-refractivity contribution in [1.82, 2.24) is 5.27 Å². The highest BCUT2D eigenvalue weighted by molar-refractivity contribution is 5.92. The first-order chi connectivity index (χ1) is 11.8. The number of benzene rings is 3. The van der Waals surface area contributed by atoms with Crippen LogP contribution in [-0.2, 0) is 0 Å². The van der Waals surface area contributed by atoms with Gasteiger partial charge < -0.3 is 9.63 Å². The zero-order valence-electron chi connectivity index (χ0n) is 12.8.